The van der Waals surface area contributed by atoms with Crippen molar-refractivity contribution >= 4 is 40.4 Å². The third kappa shape index (κ3) is 6.58. The molecule has 0 aliphatic carbocycles. The molecule has 1 atom stereocenters. The van der Waals surface area contributed by atoms with Gasteiger partial charge < -0.3 is 19.9 Å². The number of nitrogens with zero attached hydrogens (tertiary/aromatic N) is 1. The molecule has 31 heavy (non-hydrogen) atoms. The Morgan fingerprint density at radius 1 is 1.16 bits per heavy atom. The van der Waals surface area contributed by atoms with Crippen LogP contribution in [0.4, 0.5) is 0 Å². The van der Waals surface area contributed by atoms with Crippen molar-refractivity contribution in [3.63, 3.8) is 0 Å². The van der Waals surface area contributed by atoms with E-state index in [1.807, 2.05) is 36.6 Å². The van der Waals surface area contributed by atoms with Gasteiger partial charge in [-0.05, 0) is 31.2 Å². The Balaban J connectivity index is 1.48. The maximum absolute atomic E-state index is 12.2. The number of benzene rings is 2. The maximum Gasteiger partial charge on any atom is 0.226 e. The van der Waals surface area contributed by atoms with Crippen molar-refractivity contribution in [3.05, 3.63) is 63.6 Å². The molecule has 0 bridgehead atoms. The lowest BCUT2D eigenvalue weighted by Crippen LogP contribution is -2.36. The fraction of sp³-hybridized carbons (Fsp3) is 0.273. The van der Waals surface area contributed by atoms with Crippen LogP contribution in [-0.2, 0) is 11.2 Å². The predicted molar refractivity (Wildman–Crippen MR) is 123 cm³/mol. The molecule has 1 heterocycles. The molecule has 0 saturated heterocycles. The van der Waals surface area contributed by atoms with E-state index in [9.17, 15) is 9.90 Å². The van der Waals surface area contributed by atoms with Crippen molar-refractivity contribution in [2.45, 2.75) is 19.4 Å². The lowest BCUT2D eigenvalue weighted by Gasteiger charge is -2.14. The van der Waals surface area contributed by atoms with Crippen molar-refractivity contribution < 1.29 is 19.4 Å². The summed E-state index contributed by atoms with van der Waals surface area (Å²) in [6.45, 7) is 2.50. The lowest BCUT2D eigenvalue weighted by atomic mass is 10.2. The fourth-order valence-electron chi connectivity index (χ4n) is 2.74. The molecular weight excluding hydrogens is 459 g/mol. The molecule has 0 radical (unpaired) electrons. The summed E-state index contributed by atoms with van der Waals surface area (Å²) in [5.41, 5.74) is 1.55. The average Bonchev–Trinajstić information content (AvgIpc) is 3.22. The van der Waals surface area contributed by atoms with E-state index < -0.39 is 6.10 Å². The Morgan fingerprint density at radius 3 is 2.74 bits per heavy atom. The van der Waals surface area contributed by atoms with Crippen LogP contribution in [0.15, 0.2) is 47.8 Å². The number of aromatic nitrogens is 1. The first-order valence-corrected chi connectivity index (χ1v) is 11.3. The SMILES string of the molecule is CCOc1ccccc1-c1nc(CC(=O)NCC(O)COc2cccc(Cl)c2Cl)cs1. The van der Waals surface area contributed by atoms with Gasteiger partial charge in [-0.25, -0.2) is 4.98 Å². The van der Waals surface area contributed by atoms with Gasteiger partial charge in [-0.15, -0.1) is 11.3 Å². The van der Waals surface area contributed by atoms with E-state index in [1.54, 1.807) is 18.2 Å². The molecule has 9 heteroatoms. The Morgan fingerprint density at radius 2 is 1.94 bits per heavy atom. The van der Waals surface area contributed by atoms with Crippen LogP contribution in [0, 0.1) is 0 Å². The van der Waals surface area contributed by atoms with Crippen LogP contribution in [0.5, 0.6) is 11.5 Å². The zero-order chi connectivity index (χ0) is 22.2. The molecule has 164 valence electrons. The Kier molecular flexibility index (Phi) is 8.54. The second-order valence-corrected chi connectivity index (χ2v) is 8.21. The number of ether oxygens (including phenoxy) is 2. The Hall–Kier alpha value is -2.32. The monoisotopic (exact) mass is 480 g/mol. The summed E-state index contributed by atoms with van der Waals surface area (Å²) < 4.78 is 11.1. The smallest absolute Gasteiger partial charge is 0.226 e. The molecule has 0 spiro atoms. The summed E-state index contributed by atoms with van der Waals surface area (Å²) in [5.74, 6) is 0.898. The van der Waals surface area contributed by atoms with E-state index in [0.29, 0.717) is 23.1 Å². The van der Waals surface area contributed by atoms with Gasteiger partial charge in [-0.2, -0.15) is 0 Å². The number of aliphatic hydroxyl groups is 1. The number of hydrogen-bond donors (Lipinski definition) is 2. The highest BCUT2D eigenvalue weighted by Gasteiger charge is 2.14. The normalized spacial score (nSPS) is 11.7. The van der Waals surface area contributed by atoms with Gasteiger partial charge >= 0.3 is 0 Å². The van der Waals surface area contributed by atoms with Gasteiger partial charge in [0.25, 0.3) is 0 Å². The fourth-order valence-corrected chi connectivity index (χ4v) is 3.93. The number of rotatable bonds is 10. The number of para-hydroxylation sites is 1. The van der Waals surface area contributed by atoms with E-state index in [1.165, 1.54) is 11.3 Å². The van der Waals surface area contributed by atoms with Crippen molar-refractivity contribution in [1.82, 2.24) is 10.3 Å². The van der Waals surface area contributed by atoms with E-state index in [2.05, 4.69) is 10.3 Å². The van der Waals surface area contributed by atoms with Gasteiger partial charge in [-0.3, -0.25) is 4.79 Å². The number of aliphatic hydroxyl groups excluding tert-OH is 1. The van der Waals surface area contributed by atoms with Crippen molar-refractivity contribution in [1.29, 1.82) is 0 Å². The highest BCUT2D eigenvalue weighted by atomic mass is 35.5. The van der Waals surface area contributed by atoms with E-state index in [-0.39, 0.29) is 30.5 Å². The summed E-state index contributed by atoms with van der Waals surface area (Å²) in [6.07, 6.45) is -0.788. The van der Waals surface area contributed by atoms with Crippen molar-refractivity contribution in [2.75, 3.05) is 19.8 Å². The molecular formula is C22H22Cl2N2O4S. The number of carbonyl (C=O) groups excluding carboxylic acids is 1. The highest BCUT2D eigenvalue weighted by Crippen LogP contribution is 2.32. The first kappa shape index (κ1) is 23.3. The predicted octanol–water partition coefficient (Wildman–Crippen LogP) is 4.61. The van der Waals surface area contributed by atoms with Crippen LogP contribution >= 0.6 is 34.5 Å². The molecule has 2 aromatic carbocycles. The third-order valence-corrected chi connectivity index (χ3v) is 5.92. The quantitative estimate of drug-likeness (QED) is 0.442. The molecule has 3 rings (SSSR count). The Labute approximate surface area is 194 Å². The molecule has 2 N–H and O–H groups in total. The number of thiazole rings is 1. The minimum absolute atomic E-state index is 0.0323. The van der Waals surface area contributed by atoms with Crippen LogP contribution in [0.25, 0.3) is 10.6 Å². The third-order valence-electron chi connectivity index (χ3n) is 4.19. The zero-order valence-corrected chi connectivity index (χ0v) is 19.1. The summed E-state index contributed by atoms with van der Waals surface area (Å²) in [7, 11) is 0. The van der Waals surface area contributed by atoms with Gasteiger partial charge in [0.15, 0.2) is 0 Å². The van der Waals surface area contributed by atoms with Gasteiger partial charge in [0.2, 0.25) is 5.91 Å². The number of carbonyl (C=O) groups is 1. The van der Waals surface area contributed by atoms with Crippen LogP contribution in [0.3, 0.4) is 0 Å². The van der Waals surface area contributed by atoms with Crippen LogP contribution in [0.2, 0.25) is 10.0 Å². The molecule has 1 unspecified atom stereocenters. The molecule has 1 amide bonds. The largest absolute Gasteiger partial charge is 0.493 e. The van der Waals surface area contributed by atoms with E-state index in [4.69, 9.17) is 32.7 Å². The summed E-state index contributed by atoms with van der Waals surface area (Å²) in [4.78, 5) is 16.8. The molecule has 0 aliphatic heterocycles. The maximum atomic E-state index is 12.2. The number of hydrogen-bond acceptors (Lipinski definition) is 6. The van der Waals surface area contributed by atoms with Crippen molar-refractivity contribution in [2.24, 2.45) is 0 Å². The van der Waals surface area contributed by atoms with Gasteiger partial charge in [-0.1, -0.05) is 41.4 Å². The molecule has 3 aromatic rings. The molecule has 0 saturated carbocycles. The van der Waals surface area contributed by atoms with Crippen molar-refractivity contribution in [3.8, 4) is 22.1 Å². The number of halogens is 2. The zero-order valence-electron chi connectivity index (χ0n) is 16.8. The van der Waals surface area contributed by atoms with E-state index in [0.717, 1.165) is 16.3 Å². The van der Waals surface area contributed by atoms with Gasteiger partial charge in [0.1, 0.15) is 34.2 Å². The van der Waals surface area contributed by atoms with Crippen LogP contribution in [-0.4, -0.2) is 41.9 Å². The van der Waals surface area contributed by atoms with Gasteiger partial charge in [0, 0.05) is 11.9 Å². The Bertz CT molecular complexity index is 1030. The molecule has 6 nitrogen and oxygen atoms in total. The summed E-state index contributed by atoms with van der Waals surface area (Å²) in [6, 6.07) is 12.7. The molecule has 0 aliphatic rings. The van der Waals surface area contributed by atoms with Crippen LogP contribution < -0.4 is 14.8 Å². The first-order valence-electron chi connectivity index (χ1n) is 9.66. The van der Waals surface area contributed by atoms with Gasteiger partial charge in [0.05, 0.1) is 29.3 Å². The molecule has 0 fully saturated rings. The number of amides is 1. The van der Waals surface area contributed by atoms with Crippen LogP contribution in [0.1, 0.15) is 12.6 Å². The topological polar surface area (TPSA) is 80.7 Å². The lowest BCUT2D eigenvalue weighted by molar-refractivity contribution is -0.121. The summed E-state index contributed by atoms with van der Waals surface area (Å²) >= 11 is 13.4. The summed E-state index contributed by atoms with van der Waals surface area (Å²) in [5, 5.41) is 16.1. The van der Waals surface area contributed by atoms with E-state index >= 15 is 0 Å². The highest BCUT2D eigenvalue weighted by molar-refractivity contribution is 7.13. The minimum Gasteiger partial charge on any atom is -0.493 e. The average molecular weight is 481 g/mol. The molecule has 1 aromatic heterocycles. The number of nitrogens with one attached hydrogen (secondary N) is 1. The standard InChI is InChI=1S/C22H22Cl2N2O4S/c1-2-29-18-8-4-3-6-16(18)22-26-14(13-31-22)10-20(28)25-11-15(27)12-30-19-9-5-7-17(23)21(19)24/h3-9,13,15,27H,2,10-12H2,1H3,(H,25,28). The second kappa shape index (κ2) is 11.3. The minimum atomic E-state index is -0.900. The second-order valence-electron chi connectivity index (χ2n) is 6.57. The first-order chi connectivity index (χ1) is 15.0.